The van der Waals surface area contributed by atoms with Gasteiger partial charge in [-0.1, -0.05) is 133 Å². The molecule has 1 N–H and O–H groups in total. The van der Waals surface area contributed by atoms with E-state index in [0.29, 0.717) is 16.3 Å². The number of rotatable bonds is 6. The van der Waals surface area contributed by atoms with E-state index in [-0.39, 0.29) is 5.69 Å². The van der Waals surface area contributed by atoms with E-state index in [1.165, 1.54) is 6.07 Å². The molecule has 0 aromatic heterocycles. The maximum Gasteiger partial charge on any atom is 0.516 e. The fourth-order valence-electron chi connectivity index (χ4n) is 5.41. The van der Waals surface area contributed by atoms with Crippen LogP contribution in [0.1, 0.15) is 0 Å². The molecule has 0 atom stereocenters. The van der Waals surface area contributed by atoms with E-state index in [2.05, 4.69) is 0 Å². The van der Waals surface area contributed by atoms with Gasteiger partial charge in [-0.05, 0) is 50.4 Å². The number of benzene rings is 6. The summed E-state index contributed by atoms with van der Waals surface area (Å²) in [6.45, 7) is 0. The molecule has 6 rings (SSSR count). The Bertz CT molecular complexity index is 1980. The van der Waals surface area contributed by atoms with Gasteiger partial charge in [-0.2, -0.15) is 21.6 Å². The summed E-state index contributed by atoms with van der Waals surface area (Å²) in [6.07, 6.45) is 0. The maximum absolute atomic E-state index is 13.7. The first-order valence-corrected chi connectivity index (χ1v) is 14.7. The van der Waals surface area contributed by atoms with Crippen molar-refractivity contribution >= 4 is 26.5 Å². The molecular weight excluding hydrogens is 555 g/mol. The van der Waals surface area contributed by atoms with Crippen LogP contribution in [0.2, 0.25) is 0 Å². The summed E-state index contributed by atoms with van der Waals surface area (Å²) in [5, 5.41) is 0.981. The van der Waals surface area contributed by atoms with E-state index in [1.807, 2.05) is 132 Å². The normalized spacial score (nSPS) is 11.9. The van der Waals surface area contributed by atoms with Gasteiger partial charge in [-0.15, -0.1) is 0 Å². The van der Waals surface area contributed by atoms with Crippen molar-refractivity contribution in [2.24, 2.45) is 0 Å². The topological polar surface area (TPSA) is 46.2 Å². The van der Waals surface area contributed by atoms with Crippen molar-refractivity contribution in [3.05, 3.63) is 140 Å². The lowest BCUT2D eigenvalue weighted by atomic mass is 9.78. The molecule has 0 bridgehead atoms. The zero-order chi connectivity index (χ0) is 29.3. The zero-order valence-corrected chi connectivity index (χ0v) is 23.0. The van der Waals surface area contributed by atoms with E-state index in [4.69, 9.17) is 0 Å². The molecular formula is C35H24F3NO2S. The van der Waals surface area contributed by atoms with Crippen LogP contribution in [0, 0.1) is 0 Å². The molecule has 0 saturated heterocycles. The average Bonchev–Trinajstić information content (AvgIpc) is 3.01. The van der Waals surface area contributed by atoms with Crippen molar-refractivity contribution in [1.29, 1.82) is 0 Å². The third-order valence-corrected chi connectivity index (χ3v) is 8.23. The minimum absolute atomic E-state index is 0.155. The molecule has 0 unspecified atom stereocenters. The second kappa shape index (κ2) is 10.8. The Morgan fingerprint density at radius 1 is 0.452 bits per heavy atom. The summed E-state index contributed by atoms with van der Waals surface area (Å²) < 4.78 is 67.8. The Morgan fingerprint density at radius 2 is 0.833 bits per heavy atom. The number of halogens is 3. The number of hydrogen-bond donors (Lipinski definition) is 1. The number of hydrogen-bond acceptors (Lipinski definition) is 2. The smallest absolute Gasteiger partial charge is 0.275 e. The molecule has 7 heteroatoms. The monoisotopic (exact) mass is 579 g/mol. The lowest BCUT2D eigenvalue weighted by Gasteiger charge is -2.26. The molecule has 0 heterocycles. The highest BCUT2D eigenvalue weighted by molar-refractivity contribution is 7.93. The highest BCUT2D eigenvalue weighted by atomic mass is 32.2. The van der Waals surface area contributed by atoms with Gasteiger partial charge in [0.25, 0.3) is 0 Å². The highest BCUT2D eigenvalue weighted by Crippen LogP contribution is 2.52. The first-order chi connectivity index (χ1) is 20.3. The van der Waals surface area contributed by atoms with E-state index in [1.54, 1.807) is 6.07 Å². The Labute approximate surface area is 242 Å². The second-order valence-electron chi connectivity index (χ2n) is 9.74. The van der Waals surface area contributed by atoms with Gasteiger partial charge in [-0.3, -0.25) is 4.72 Å². The number of nitrogens with one attached hydrogen (secondary N) is 1. The van der Waals surface area contributed by atoms with Gasteiger partial charge in [0, 0.05) is 10.9 Å². The molecule has 3 nitrogen and oxygen atoms in total. The average molecular weight is 580 g/mol. The number of anilines is 1. The van der Waals surface area contributed by atoms with Crippen LogP contribution >= 0.6 is 0 Å². The van der Waals surface area contributed by atoms with Crippen molar-refractivity contribution in [3.63, 3.8) is 0 Å². The molecule has 0 aliphatic heterocycles. The fraction of sp³-hybridized carbons (Fsp3) is 0.0286. The van der Waals surface area contributed by atoms with Crippen molar-refractivity contribution in [2.45, 2.75) is 5.51 Å². The van der Waals surface area contributed by atoms with Gasteiger partial charge in [-0.25, -0.2) is 0 Å². The van der Waals surface area contributed by atoms with Gasteiger partial charge in [0.2, 0.25) is 0 Å². The Morgan fingerprint density at radius 3 is 1.26 bits per heavy atom. The first-order valence-electron chi connectivity index (χ1n) is 13.2. The van der Waals surface area contributed by atoms with Crippen LogP contribution in [0.4, 0.5) is 18.9 Å². The molecule has 0 saturated carbocycles. The molecule has 6 aromatic carbocycles. The molecule has 0 spiro atoms. The fourth-order valence-corrected chi connectivity index (χ4v) is 5.99. The number of alkyl halides is 3. The van der Waals surface area contributed by atoms with Gasteiger partial charge < -0.3 is 0 Å². The highest BCUT2D eigenvalue weighted by Gasteiger charge is 2.46. The van der Waals surface area contributed by atoms with Gasteiger partial charge in [0.05, 0.1) is 5.69 Å². The lowest BCUT2D eigenvalue weighted by molar-refractivity contribution is -0.0429. The SMILES string of the molecule is O=S(=O)(Nc1cccc2c(-c3ccccc3)c(-c3ccccc3)c(-c3ccccc3)c(-c3ccccc3)c12)C(F)(F)F. The molecule has 208 valence electrons. The van der Waals surface area contributed by atoms with Crippen molar-refractivity contribution in [3.8, 4) is 44.5 Å². The molecule has 0 amide bonds. The Balaban J connectivity index is 1.90. The largest absolute Gasteiger partial charge is 0.516 e. The Hall–Kier alpha value is -4.88. The van der Waals surface area contributed by atoms with E-state index in [9.17, 15) is 21.6 Å². The van der Waals surface area contributed by atoms with Crippen LogP contribution < -0.4 is 4.72 Å². The summed E-state index contributed by atoms with van der Waals surface area (Å²) >= 11 is 0. The van der Waals surface area contributed by atoms with E-state index in [0.717, 1.165) is 38.9 Å². The van der Waals surface area contributed by atoms with E-state index >= 15 is 0 Å². The molecule has 0 aliphatic rings. The van der Waals surface area contributed by atoms with Crippen molar-refractivity contribution < 1.29 is 21.6 Å². The molecule has 0 aliphatic carbocycles. The van der Waals surface area contributed by atoms with Crippen LogP contribution in [0.25, 0.3) is 55.3 Å². The third kappa shape index (κ3) is 4.92. The summed E-state index contributed by atoms with van der Waals surface area (Å²) in [7, 11) is -5.71. The van der Waals surface area contributed by atoms with Gasteiger partial charge in [0.1, 0.15) is 0 Å². The molecule has 0 fully saturated rings. The quantitative estimate of drug-likeness (QED) is 0.214. The standard InChI is InChI=1S/C35H24F3NO2S/c36-35(37,38)42(40,41)39-29-23-13-22-28-30(24-14-5-1-6-15-24)31(25-16-7-2-8-17-25)32(26-18-9-3-10-19-26)33(34(28)29)27-20-11-4-12-21-27/h1-23,39H. The van der Waals surface area contributed by atoms with Gasteiger partial charge >= 0.3 is 15.5 Å². The van der Waals surface area contributed by atoms with Crippen LogP contribution in [0.15, 0.2) is 140 Å². The second-order valence-corrected chi connectivity index (χ2v) is 11.4. The van der Waals surface area contributed by atoms with Crippen LogP contribution in [0.3, 0.4) is 0 Å². The van der Waals surface area contributed by atoms with Crippen molar-refractivity contribution in [2.75, 3.05) is 4.72 Å². The van der Waals surface area contributed by atoms with Crippen LogP contribution in [0.5, 0.6) is 0 Å². The number of fused-ring (bicyclic) bond motifs is 1. The van der Waals surface area contributed by atoms with Gasteiger partial charge in [0.15, 0.2) is 0 Å². The van der Waals surface area contributed by atoms with Crippen molar-refractivity contribution in [1.82, 2.24) is 0 Å². The summed E-state index contributed by atoms with van der Waals surface area (Å²) in [5.74, 6) is 0. The number of sulfonamides is 1. The summed E-state index contributed by atoms with van der Waals surface area (Å²) in [6, 6.07) is 43.2. The van der Waals surface area contributed by atoms with E-state index < -0.39 is 15.5 Å². The minimum Gasteiger partial charge on any atom is -0.275 e. The first kappa shape index (κ1) is 27.3. The molecule has 42 heavy (non-hydrogen) atoms. The maximum atomic E-state index is 13.7. The van der Waals surface area contributed by atoms with Crippen LogP contribution in [-0.2, 0) is 10.0 Å². The predicted octanol–water partition coefficient (Wildman–Crippen LogP) is 9.77. The molecule has 0 radical (unpaired) electrons. The summed E-state index contributed by atoms with van der Waals surface area (Å²) in [4.78, 5) is 0. The lowest BCUT2D eigenvalue weighted by Crippen LogP contribution is -2.30. The third-order valence-electron chi connectivity index (χ3n) is 7.13. The minimum atomic E-state index is -5.71. The molecule has 6 aromatic rings. The Kier molecular flexibility index (Phi) is 7.04. The zero-order valence-electron chi connectivity index (χ0n) is 22.1. The summed E-state index contributed by atoms with van der Waals surface area (Å²) in [5.41, 5.74) is 0.741. The predicted molar refractivity (Wildman–Crippen MR) is 164 cm³/mol. The van der Waals surface area contributed by atoms with Crippen LogP contribution in [-0.4, -0.2) is 13.9 Å².